The first-order valence-corrected chi connectivity index (χ1v) is 6.79. The zero-order valence-electron chi connectivity index (χ0n) is 10.8. The first-order valence-electron chi connectivity index (χ1n) is 6.79. The number of amides is 1. The van der Waals surface area contributed by atoms with E-state index in [0.29, 0.717) is 12.6 Å². The van der Waals surface area contributed by atoms with E-state index in [9.17, 15) is 4.79 Å². The summed E-state index contributed by atoms with van der Waals surface area (Å²) in [6.07, 6.45) is 7.45. The summed E-state index contributed by atoms with van der Waals surface area (Å²) in [7, 11) is 0. The number of nitrogens with zero attached hydrogens (tertiary/aromatic N) is 1. The summed E-state index contributed by atoms with van der Waals surface area (Å²) in [6, 6.07) is 0.555. The smallest absolute Gasteiger partial charge is 0.236 e. The number of carbonyl (C=O) groups excluding carboxylic acids is 1. The lowest BCUT2D eigenvalue weighted by atomic mass is 10.2. The number of hydrogen-bond donors (Lipinski definition) is 1. The molecule has 1 N–H and O–H groups in total. The molecule has 16 heavy (non-hydrogen) atoms. The standard InChI is InChI=1S/C13H26N2O/c1-3-5-6-7-10-14-11-13(16)15(4-2)12-8-9-12/h12,14H,3-11H2,1-2H3. The van der Waals surface area contributed by atoms with Crippen LogP contribution in [0.3, 0.4) is 0 Å². The topological polar surface area (TPSA) is 32.3 Å². The van der Waals surface area contributed by atoms with E-state index < -0.39 is 0 Å². The van der Waals surface area contributed by atoms with Crippen molar-refractivity contribution in [2.75, 3.05) is 19.6 Å². The van der Waals surface area contributed by atoms with Crippen LogP contribution in [0.2, 0.25) is 0 Å². The summed E-state index contributed by atoms with van der Waals surface area (Å²) in [6.45, 7) is 6.65. The molecule has 1 saturated carbocycles. The Morgan fingerprint density at radius 3 is 2.56 bits per heavy atom. The summed E-state index contributed by atoms with van der Waals surface area (Å²) in [5, 5.41) is 3.25. The van der Waals surface area contributed by atoms with Gasteiger partial charge in [0.25, 0.3) is 0 Å². The van der Waals surface area contributed by atoms with E-state index in [1.54, 1.807) is 0 Å². The third-order valence-electron chi connectivity index (χ3n) is 3.13. The van der Waals surface area contributed by atoms with Gasteiger partial charge in [-0.3, -0.25) is 4.79 Å². The molecule has 0 aliphatic heterocycles. The average Bonchev–Trinajstić information content (AvgIpc) is 3.08. The lowest BCUT2D eigenvalue weighted by Gasteiger charge is -2.20. The van der Waals surface area contributed by atoms with Crippen molar-refractivity contribution >= 4 is 5.91 Å². The van der Waals surface area contributed by atoms with Gasteiger partial charge in [0.05, 0.1) is 6.54 Å². The maximum atomic E-state index is 11.8. The molecule has 1 rings (SSSR count). The lowest BCUT2D eigenvalue weighted by molar-refractivity contribution is -0.130. The number of likely N-dealkylation sites (N-methyl/N-ethyl adjacent to an activating group) is 1. The largest absolute Gasteiger partial charge is 0.339 e. The minimum absolute atomic E-state index is 0.278. The number of rotatable bonds is 9. The fraction of sp³-hybridized carbons (Fsp3) is 0.923. The first-order chi connectivity index (χ1) is 7.79. The quantitative estimate of drug-likeness (QED) is 0.611. The normalized spacial score (nSPS) is 15.1. The highest BCUT2D eigenvalue weighted by atomic mass is 16.2. The van der Waals surface area contributed by atoms with Crippen molar-refractivity contribution in [2.45, 2.75) is 58.4 Å². The SMILES string of the molecule is CCCCCCNCC(=O)N(CC)C1CC1. The maximum Gasteiger partial charge on any atom is 0.236 e. The zero-order valence-corrected chi connectivity index (χ0v) is 10.8. The Morgan fingerprint density at radius 1 is 1.25 bits per heavy atom. The molecule has 1 aliphatic rings. The van der Waals surface area contributed by atoms with Crippen LogP contribution in [0.1, 0.15) is 52.4 Å². The van der Waals surface area contributed by atoms with Gasteiger partial charge in [0, 0.05) is 12.6 Å². The van der Waals surface area contributed by atoms with Crippen molar-refractivity contribution in [3.8, 4) is 0 Å². The van der Waals surface area contributed by atoms with Crippen molar-refractivity contribution in [3.63, 3.8) is 0 Å². The summed E-state index contributed by atoms with van der Waals surface area (Å²) >= 11 is 0. The van der Waals surface area contributed by atoms with E-state index in [2.05, 4.69) is 19.2 Å². The second-order valence-electron chi connectivity index (χ2n) is 4.65. The number of unbranched alkanes of at least 4 members (excludes halogenated alkanes) is 3. The minimum Gasteiger partial charge on any atom is -0.339 e. The van der Waals surface area contributed by atoms with E-state index in [-0.39, 0.29) is 5.91 Å². The highest BCUT2D eigenvalue weighted by Gasteiger charge is 2.30. The molecule has 1 amide bonds. The van der Waals surface area contributed by atoms with Crippen LogP contribution in [0.4, 0.5) is 0 Å². The Kier molecular flexibility index (Phi) is 6.46. The molecule has 3 heteroatoms. The van der Waals surface area contributed by atoms with Gasteiger partial charge in [-0.15, -0.1) is 0 Å². The third kappa shape index (κ3) is 4.97. The summed E-state index contributed by atoms with van der Waals surface area (Å²) in [5.41, 5.74) is 0. The molecular formula is C13H26N2O. The molecule has 1 fully saturated rings. The lowest BCUT2D eigenvalue weighted by Crippen LogP contribution is -2.39. The van der Waals surface area contributed by atoms with Crippen LogP contribution >= 0.6 is 0 Å². The Balaban J connectivity index is 2.00. The zero-order chi connectivity index (χ0) is 11.8. The maximum absolute atomic E-state index is 11.8. The molecular weight excluding hydrogens is 200 g/mol. The molecule has 0 spiro atoms. The van der Waals surface area contributed by atoms with Crippen LogP contribution in [-0.4, -0.2) is 36.5 Å². The van der Waals surface area contributed by atoms with E-state index in [4.69, 9.17) is 0 Å². The predicted octanol–water partition coefficient (Wildman–Crippen LogP) is 2.17. The Bertz CT molecular complexity index is 202. The summed E-state index contributed by atoms with van der Waals surface area (Å²) in [4.78, 5) is 13.8. The predicted molar refractivity (Wildman–Crippen MR) is 67.4 cm³/mol. The molecule has 3 nitrogen and oxygen atoms in total. The van der Waals surface area contributed by atoms with Crippen molar-refractivity contribution in [2.24, 2.45) is 0 Å². The molecule has 0 heterocycles. The van der Waals surface area contributed by atoms with Gasteiger partial charge in [-0.05, 0) is 32.7 Å². The molecule has 0 radical (unpaired) electrons. The molecule has 0 unspecified atom stereocenters. The minimum atomic E-state index is 0.278. The average molecular weight is 226 g/mol. The Labute approximate surface area is 99.6 Å². The van der Waals surface area contributed by atoms with Crippen LogP contribution in [-0.2, 0) is 4.79 Å². The summed E-state index contributed by atoms with van der Waals surface area (Å²) < 4.78 is 0. The van der Waals surface area contributed by atoms with E-state index in [1.807, 2.05) is 4.90 Å². The second kappa shape index (κ2) is 7.66. The number of nitrogens with one attached hydrogen (secondary N) is 1. The van der Waals surface area contributed by atoms with Crippen LogP contribution < -0.4 is 5.32 Å². The van der Waals surface area contributed by atoms with Gasteiger partial charge in [0.2, 0.25) is 5.91 Å². The monoisotopic (exact) mass is 226 g/mol. The highest BCUT2D eigenvalue weighted by molar-refractivity contribution is 5.78. The van der Waals surface area contributed by atoms with Crippen molar-refractivity contribution < 1.29 is 4.79 Å². The molecule has 1 aliphatic carbocycles. The third-order valence-corrected chi connectivity index (χ3v) is 3.13. The van der Waals surface area contributed by atoms with Crippen molar-refractivity contribution in [1.29, 1.82) is 0 Å². The van der Waals surface area contributed by atoms with Crippen molar-refractivity contribution in [3.05, 3.63) is 0 Å². The summed E-state index contributed by atoms with van der Waals surface area (Å²) in [5.74, 6) is 0.278. The van der Waals surface area contributed by atoms with Gasteiger partial charge in [-0.2, -0.15) is 0 Å². The molecule has 0 aromatic rings. The second-order valence-corrected chi connectivity index (χ2v) is 4.65. The molecule has 94 valence electrons. The van der Waals surface area contributed by atoms with Gasteiger partial charge in [0.1, 0.15) is 0 Å². The van der Waals surface area contributed by atoms with Gasteiger partial charge in [-0.1, -0.05) is 26.2 Å². The number of carbonyl (C=O) groups is 1. The van der Waals surface area contributed by atoms with E-state index in [1.165, 1.54) is 38.5 Å². The van der Waals surface area contributed by atoms with Gasteiger partial charge in [-0.25, -0.2) is 0 Å². The van der Waals surface area contributed by atoms with Gasteiger partial charge >= 0.3 is 0 Å². The van der Waals surface area contributed by atoms with Crippen LogP contribution in [0.5, 0.6) is 0 Å². The van der Waals surface area contributed by atoms with Gasteiger partial charge < -0.3 is 10.2 Å². The van der Waals surface area contributed by atoms with Crippen LogP contribution in [0, 0.1) is 0 Å². The van der Waals surface area contributed by atoms with Crippen LogP contribution in [0.15, 0.2) is 0 Å². The molecule has 0 bridgehead atoms. The molecule has 0 aromatic carbocycles. The van der Waals surface area contributed by atoms with E-state index >= 15 is 0 Å². The Morgan fingerprint density at radius 2 is 2.00 bits per heavy atom. The van der Waals surface area contributed by atoms with Crippen LogP contribution in [0.25, 0.3) is 0 Å². The fourth-order valence-corrected chi connectivity index (χ4v) is 2.00. The Hall–Kier alpha value is -0.570. The molecule has 0 atom stereocenters. The van der Waals surface area contributed by atoms with E-state index in [0.717, 1.165) is 13.1 Å². The highest BCUT2D eigenvalue weighted by Crippen LogP contribution is 2.26. The first kappa shape index (κ1) is 13.5. The van der Waals surface area contributed by atoms with Gasteiger partial charge in [0.15, 0.2) is 0 Å². The molecule has 0 aromatic heterocycles. The molecule has 0 saturated heterocycles. The fourth-order valence-electron chi connectivity index (χ4n) is 2.00. The van der Waals surface area contributed by atoms with Crippen molar-refractivity contribution in [1.82, 2.24) is 10.2 Å². The number of hydrogen-bond acceptors (Lipinski definition) is 2.